The first-order valence-electron chi connectivity index (χ1n) is 9.14. The Bertz CT molecular complexity index is 892. The average Bonchev–Trinajstić information content (AvgIpc) is 3.24. The number of likely N-dealkylation sites (tertiary alicyclic amines) is 1. The summed E-state index contributed by atoms with van der Waals surface area (Å²) in [6.45, 7) is 3.25. The molecule has 1 aromatic heterocycles. The lowest BCUT2D eigenvalue weighted by Crippen LogP contribution is -2.50. The van der Waals surface area contributed by atoms with Crippen molar-refractivity contribution in [1.29, 1.82) is 0 Å². The monoisotopic (exact) mass is 439 g/mol. The number of carbonyl (C=O) groups excluding carboxylic acids is 1. The van der Waals surface area contributed by atoms with Crippen LogP contribution >= 0.6 is 23.1 Å². The first-order valence-corrected chi connectivity index (χ1v) is 12.7. The maximum atomic E-state index is 12.7. The lowest BCUT2D eigenvalue weighted by atomic mass is 10.0. The predicted octanol–water partition coefficient (Wildman–Crippen LogP) is 3.24. The van der Waals surface area contributed by atoms with E-state index >= 15 is 0 Å². The lowest BCUT2D eigenvalue weighted by Gasteiger charge is -2.35. The van der Waals surface area contributed by atoms with Gasteiger partial charge in [0.15, 0.2) is 0 Å². The Kier molecular flexibility index (Phi) is 7.16. The number of sulfonamides is 1. The number of thioether (sulfide) groups is 1. The van der Waals surface area contributed by atoms with Gasteiger partial charge in [-0.25, -0.2) is 13.1 Å². The minimum absolute atomic E-state index is 0.0425. The van der Waals surface area contributed by atoms with Crippen LogP contribution in [0, 0.1) is 0 Å². The maximum Gasteiger partial charge on any atom is 0.250 e. The highest BCUT2D eigenvalue weighted by atomic mass is 32.2. The summed E-state index contributed by atoms with van der Waals surface area (Å²) in [4.78, 5) is 15.8. The second-order valence-electron chi connectivity index (χ2n) is 6.73. The third-order valence-electron chi connectivity index (χ3n) is 4.90. The number of hydrogen-bond acceptors (Lipinski definition) is 6. The van der Waals surface area contributed by atoms with Gasteiger partial charge >= 0.3 is 0 Å². The van der Waals surface area contributed by atoms with Crippen LogP contribution in [-0.4, -0.2) is 50.7 Å². The SMILES string of the molecule is CSc1ccccc1NC(=O)[C@H](C)N1CCC(NS(=O)(=O)c2cccs2)CC1. The predicted molar refractivity (Wildman–Crippen MR) is 116 cm³/mol. The van der Waals surface area contributed by atoms with E-state index in [1.807, 2.05) is 37.4 Å². The third kappa shape index (κ3) is 5.15. The summed E-state index contributed by atoms with van der Waals surface area (Å²) in [6, 6.07) is 10.7. The van der Waals surface area contributed by atoms with Gasteiger partial charge in [-0.2, -0.15) is 0 Å². The van der Waals surface area contributed by atoms with Gasteiger partial charge in [-0.1, -0.05) is 18.2 Å². The molecule has 28 heavy (non-hydrogen) atoms. The van der Waals surface area contributed by atoms with Crippen molar-refractivity contribution >= 4 is 44.7 Å². The molecule has 3 rings (SSSR count). The van der Waals surface area contributed by atoms with Crippen LogP contribution in [0.4, 0.5) is 5.69 Å². The molecule has 0 bridgehead atoms. The van der Waals surface area contributed by atoms with Crippen molar-refractivity contribution < 1.29 is 13.2 Å². The molecule has 0 aliphatic carbocycles. The minimum atomic E-state index is -3.45. The summed E-state index contributed by atoms with van der Waals surface area (Å²) in [6.07, 6.45) is 3.35. The zero-order chi connectivity index (χ0) is 20.1. The molecular formula is C19H25N3O3S3. The maximum absolute atomic E-state index is 12.7. The average molecular weight is 440 g/mol. The highest BCUT2D eigenvalue weighted by Crippen LogP contribution is 2.25. The van der Waals surface area contributed by atoms with Crippen LogP contribution < -0.4 is 10.0 Å². The number of carbonyl (C=O) groups is 1. The molecule has 2 N–H and O–H groups in total. The van der Waals surface area contributed by atoms with Gasteiger partial charge in [0.1, 0.15) is 4.21 Å². The molecule has 2 heterocycles. The molecule has 1 saturated heterocycles. The summed E-state index contributed by atoms with van der Waals surface area (Å²) >= 11 is 2.81. The molecular weight excluding hydrogens is 414 g/mol. The van der Waals surface area contributed by atoms with Crippen molar-refractivity contribution in [2.75, 3.05) is 24.7 Å². The van der Waals surface area contributed by atoms with Crippen molar-refractivity contribution in [3.8, 4) is 0 Å². The van der Waals surface area contributed by atoms with E-state index in [-0.39, 0.29) is 18.0 Å². The van der Waals surface area contributed by atoms with E-state index in [0.717, 1.165) is 10.6 Å². The van der Waals surface area contributed by atoms with Gasteiger partial charge in [0.2, 0.25) is 15.9 Å². The Morgan fingerprint density at radius 1 is 1.21 bits per heavy atom. The van der Waals surface area contributed by atoms with Crippen molar-refractivity contribution in [3.63, 3.8) is 0 Å². The fraction of sp³-hybridized carbons (Fsp3) is 0.421. The second kappa shape index (κ2) is 9.41. The van der Waals surface area contributed by atoms with Crippen molar-refractivity contribution in [1.82, 2.24) is 9.62 Å². The number of benzene rings is 1. The molecule has 152 valence electrons. The van der Waals surface area contributed by atoms with E-state index < -0.39 is 10.0 Å². The largest absolute Gasteiger partial charge is 0.324 e. The molecule has 1 aliphatic heterocycles. The molecule has 1 aromatic carbocycles. The van der Waals surface area contributed by atoms with Gasteiger partial charge in [-0.15, -0.1) is 23.1 Å². The van der Waals surface area contributed by atoms with Crippen LogP contribution in [0.25, 0.3) is 0 Å². The van der Waals surface area contributed by atoms with Crippen LogP contribution in [-0.2, 0) is 14.8 Å². The minimum Gasteiger partial charge on any atom is -0.324 e. The van der Waals surface area contributed by atoms with Gasteiger partial charge in [0.05, 0.1) is 11.7 Å². The highest BCUT2D eigenvalue weighted by molar-refractivity contribution is 7.98. The zero-order valence-electron chi connectivity index (χ0n) is 15.9. The van der Waals surface area contributed by atoms with E-state index in [0.29, 0.717) is 30.1 Å². The number of thiophene rings is 1. The van der Waals surface area contributed by atoms with Gasteiger partial charge in [-0.05, 0) is 49.6 Å². The number of nitrogens with one attached hydrogen (secondary N) is 2. The second-order valence-corrected chi connectivity index (χ2v) is 10.5. The van der Waals surface area contributed by atoms with E-state index in [9.17, 15) is 13.2 Å². The fourth-order valence-corrected chi connectivity index (χ4v) is 6.12. The normalized spacial score (nSPS) is 17.4. The Morgan fingerprint density at radius 3 is 2.57 bits per heavy atom. The van der Waals surface area contributed by atoms with E-state index in [1.54, 1.807) is 29.3 Å². The third-order valence-corrected chi connectivity index (χ3v) is 8.62. The number of para-hydroxylation sites is 1. The molecule has 2 aromatic rings. The molecule has 1 atom stereocenters. The van der Waals surface area contributed by atoms with Crippen LogP contribution in [0.3, 0.4) is 0 Å². The molecule has 0 saturated carbocycles. The van der Waals surface area contributed by atoms with Gasteiger partial charge in [0.25, 0.3) is 0 Å². The van der Waals surface area contributed by atoms with E-state index in [1.165, 1.54) is 11.3 Å². The molecule has 1 amide bonds. The van der Waals surface area contributed by atoms with Crippen molar-refractivity contribution in [3.05, 3.63) is 41.8 Å². The Labute approximate surface area is 174 Å². The standard InChI is InChI=1S/C19H25N3O3S3/c1-14(19(23)20-16-6-3-4-7-17(16)26-2)22-11-9-15(10-12-22)21-28(24,25)18-8-5-13-27-18/h3-8,13-15,21H,9-12H2,1-2H3,(H,20,23)/t14-/m0/s1. The summed E-state index contributed by atoms with van der Waals surface area (Å²) in [5.74, 6) is -0.0425. The topological polar surface area (TPSA) is 78.5 Å². The van der Waals surface area contributed by atoms with E-state index in [2.05, 4.69) is 14.9 Å². The van der Waals surface area contributed by atoms with Gasteiger partial charge in [0, 0.05) is 24.0 Å². The number of nitrogens with zero attached hydrogens (tertiary/aromatic N) is 1. The zero-order valence-corrected chi connectivity index (χ0v) is 18.4. The summed E-state index contributed by atoms with van der Waals surface area (Å²) in [5.41, 5.74) is 0.824. The number of anilines is 1. The summed E-state index contributed by atoms with van der Waals surface area (Å²) < 4.78 is 27.9. The Hall–Kier alpha value is -1.39. The first-order chi connectivity index (χ1) is 13.4. The molecule has 9 heteroatoms. The van der Waals surface area contributed by atoms with Gasteiger partial charge in [-0.3, -0.25) is 9.69 Å². The number of amides is 1. The van der Waals surface area contributed by atoms with Crippen LogP contribution in [0.15, 0.2) is 50.9 Å². The van der Waals surface area contributed by atoms with Crippen molar-refractivity contribution in [2.24, 2.45) is 0 Å². The van der Waals surface area contributed by atoms with Crippen LogP contribution in [0.1, 0.15) is 19.8 Å². The highest BCUT2D eigenvalue weighted by Gasteiger charge is 2.29. The summed E-state index contributed by atoms with van der Waals surface area (Å²) in [7, 11) is -3.45. The Balaban J connectivity index is 1.53. The Morgan fingerprint density at radius 2 is 1.93 bits per heavy atom. The molecule has 6 nitrogen and oxygen atoms in total. The smallest absolute Gasteiger partial charge is 0.250 e. The molecule has 0 spiro atoms. The molecule has 0 radical (unpaired) electrons. The molecule has 0 unspecified atom stereocenters. The van der Waals surface area contributed by atoms with Crippen molar-refractivity contribution in [2.45, 2.75) is 41.0 Å². The van der Waals surface area contributed by atoms with Crippen LogP contribution in [0.5, 0.6) is 0 Å². The first kappa shape index (κ1) is 21.3. The molecule has 1 fully saturated rings. The van der Waals surface area contributed by atoms with E-state index in [4.69, 9.17) is 0 Å². The summed E-state index contributed by atoms with van der Waals surface area (Å²) in [5, 5.41) is 4.77. The quantitative estimate of drug-likeness (QED) is 0.648. The van der Waals surface area contributed by atoms with Gasteiger partial charge < -0.3 is 5.32 Å². The number of piperidine rings is 1. The number of rotatable bonds is 7. The lowest BCUT2D eigenvalue weighted by molar-refractivity contribution is -0.121. The van der Waals surface area contributed by atoms with Crippen LogP contribution in [0.2, 0.25) is 0 Å². The number of hydrogen-bond donors (Lipinski definition) is 2. The fourth-order valence-electron chi connectivity index (χ4n) is 3.25. The molecule has 1 aliphatic rings.